The summed E-state index contributed by atoms with van der Waals surface area (Å²) >= 11 is 0. The smallest absolute Gasteiger partial charge is 0.343 e. The highest BCUT2D eigenvalue weighted by Gasteiger charge is 2.31. The summed E-state index contributed by atoms with van der Waals surface area (Å²) in [5.74, 6) is -0.737. The molecule has 0 radical (unpaired) electrons. The molecule has 0 saturated heterocycles. The Morgan fingerprint density at radius 3 is 2.50 bits per heavy atom. The molecule has 0 amide bonds. The Morgan fingerprint density at radius 1 is 1.43 bits per heavy atom. The van der Waals surface area contributed by atoms with Gasteiger partial charge in [-0.2, -0.15) is 0 Å². The number of carboxylic acid groups (broad SMARTS) is 1. The van der Waals surface area contributed by atoms with Crippen LogP contribution in [0.5, 0.6) is 5.75 Å². The fourth-order valence-corrected chi connectivity index (χ4v) is 1.23. The molecule has 0 bridgehead atoms. The van der Waals surface area contributed by atoms with E-state index in [-0.39, 0.29) is 0 Å². The Morgan fingerprint density at radius 2 is 2.00 bits per heavy atom. The van der Waals surface area contributed by atoms with E-state index in [1.807, 2.05) is 6.07 Å². The first-order chi connectivity index (χ1) is 6.52. The Hall–Kier alpha value is -1.12. The number of hydrogen-bond acceptors (Lipinski definition) is 3. The molecule has 14 heavy (non-hydrogen) atoms. The third kappa shape index (κ3) is 2.98. The first-order valence-corrected chi connectivity index (χ1v) is 4.88. The van der Waals surface area contributed by atoms with Gasteiger partial charge in [-0.1, -0.05) is 18.2 Å². The van der Waals surface area contributed by atoms with Gasteiger partial charge in [0.15, 0.2) is 0 Å². The zero-order valence-corrected chi connectivity index (χ0v) is 8.60. The molecule has 76 valence electrons. The summed E-state index contributed by atoms with van der Waals surface area (Å²) in [7, 11) is -0.527. The van der Waals surface area contributed by atoms with Gasteiger partial charge in [0.1, 0.15) is 14.6 Å². The van der Waals surface area contributed by atoms with Crippen molar-refractivity contribution in [2.45, 2.75) is 12.3 Å². The molecule has 0 saturated carbocycles. The van der Waals surface area contributed by atoms with Crippen LogP contribution in [0, 0.1) is 0 Å². The molecule has 2 atom stereocenters. The van der Waals surface area contributed by atoms with Crippen molar-refractivity contribution < 1.29 is 19.5 Å². The predicted octanol–water partition coefficient (Wildman–Crippen LogP) is 1.45. The maximum Gasteiger partial charge on any atom is 0.343 e. The van der Waals surface area contributed by atoms with E-state index in [1.54, 1.807) is 24.3 Å². The molecule has 4 nitrogen and oxygen atoms in total. The fourth-order valence-electron chi connectivity index (χ4n) is 0.690. The highest BCUT2D eigenvalue weighted by molar-refractivity contribution is 7.36. The molecule has 0 fully saturated rings. The van der Waals surface area contributed by atoms with Crippen LogP contribution in [0.25, 0.3) is 0 Å². The van der Waals surface area contributed by atoms with E-state index in [0.717, 1.165) is 0 Å². The molecule has 1 aromatic rings. The molecule has 0 heterocycles. The van der Waals surface area contributed by atoms with Gasteiger partial charge in [0.05, 0.1) is 0 Å². The number of hydrogen-bond donors (Lipinski definition) is 2. The lowest BCUT2D eigenvalue weighted by Gasteiger charge is -2.17. The molecule has 1 aromatic carbocycles. The molecule has 0 aromatic heterocycles. The molecular formula is C9H11O4P. The van der Waals surface area contributed by atoms with Crippen molar-refractivity contribution in [3.8, 4) is 5.75 Å². The van der Waals surface area contributed by atoms with E-state index < -0.39 is 20.1 Å². The molecule has 0 aliphatic carbocycles. The first-order valence-electron chi connectivity index (χ1n) is 3.97. The molecule has 2 N–H and O–H groups in total. The topological polar surface area (TPSA) is 66.8 Å². The van der Waals surface area contributed by atoms with Gasteiger partial charge in [-0.25, -0.2) is 4.79 Å². The summed E-state index contributed by atoms with van der Waals surface area (Å²) in [4.78, 5) is 10.5. The Balaban J connectivity index is 2.53. The fraction of sp³-hybridized carbons (Fsp3) is 0.222. The SMILES string of the molecule is CC(O)(POc1ccccc1)C(=O)O. The van der Waals surface area contributed by atoms with Crippen LogP contribution in [0.2, 0.25) is 0 Å². The van der Waals surface area contributed by atoms with Gasteiger partial charge in [-0.15, -0.1) is 0 Å². The number of carboxylic acids is 1. The average molecular weight is 214 g/mol. The van der Waals surface area contributed by atoms with Crippen molar-refractivity contribution in [2.24, 2.45) is 0 Å². The summed E-state index contributed by atoms with van der Waals surface area (Å²) in [5, 5.41) is 16.1. The van der Waals surface area contributed by atoms with Gasteiger partial charge >= 0.3 is 5.97 Å². The van der Waals surface area contributed by atoms with E-state index in [4.69, 9.17) is 9.63 Å². The van der Waals surface area contributed by atoms with Crippen LogP contribution in [0.1, 0.15) is 6.92 Å². The molecule has 0 spiro atoms. The largest absolute Gasteiger partial charge is 0.479 e. The first kappa shape index (κ1) is 11.0. The lowest BCUT2D eigenvalue weighted by Crippen LogP contribution is -2.30. The summed E-state index contributed by atoms with van der Waals surface area (Å²) in [6.45, 7) is 1.21. The number of carbonyl (C=O) groups is 1. The third-order valence-electron chi connectivity index (χ3n) is 1.53. The van der Waals surface area contributed by atoms with Crippen molar-refractivity contribution in [2.75, 3.05) is 0 Å². The molecular weight excluding hydrogens is 203 g/mol. The molecule has 0 aliphatic rings. The minimum atomic E-state index is -1.82. The molecule has 5 heteroatoms. The van der Waals surface area contributed by atoms with Crippen LogP contribution >= 0.6 is 8.81 Å². The molecule has 0 aliphatic heterocycles. The minimum Gasteiger partial charge on any atom is -0.479 e. The number of para-hydroxylation sites is 1. The van der Waals surface area contributed by atoms with Gasteiger partial charge in [-0.05, 0) is 19.1 Å². The van der Waals surface area contributed by atoms with Crippen molar-refractivity contribution in [1.82, 2.24) is 0 Å². The van der Waals surface area contributed by atoms with Crippen LogP contribution in [-0.4, -0.2) is 21.5 Å². The second-order valence-electron chi connectivity index (χ2n) is 2.89. The van der Waals surface area contributed by atoms with Crippen LogP contribution < -0.4 is 4.52 Å². The van der Waals surface area contributed by atoms with E-state index in [1.165, 1.54) is 6.92 Å². The normalized spacial score (nSPS) is 15.3. The van der Waals surface area contributed by atoms with E-state index in [9.17, 15) is 9.90 Å². The maximum absolute atomic E-state index is 10.5. The number of aliphatic carboxylic acids is 1. The highest BCUT2D eigenvalue weighted by Crippen LogP contribution is 2.31. The van der Waals surface area contributed by atoms with Gasteiger partial charge < -0.3 is 14.7 Å². The van der Waals surface area contributed by atoms with Gasteiger partial charge in [0, 0.05) is 0 Å². The van der Waals surface area contributed by atoms with E-state index in [0.29, 0.717) is 5.75 Å². The molecule has 2 unspecified atom stereocenters. The summed E-state index contributed by atoms with van der Waals surface area (Å²) in [6, 6.07) is 8.77. The van der Waals surface area contributed by atoms with Crippen LogP contribution in [0.4, 0.5) is 0 Å². The third-order valence-corrected chi connectivity index (χ3v) is 2.48. The number of aliphatic hydroxyl groups is 1. The number of benzene rings is 1. The predicted molar refractivity (Wildman–Crippen MR) is 53.6 cm³/mol. The van der Waals surface area contributed by atoms with E-state index in [2.05, 4.69) is 0 Å². The second-order valence-corrected chi connectivity index (χ2v) is 4.28. The van der Waals surface area contributed by atoms with Crippen LogP contribution in [0.3, 0.4) is 0 Å². The lowest BCUT2D eigenvalue weighted by atomic mass is 10.3. The van der Waals surface area contributed by atoms with Crippen LogP contribution in [0.15, 0.2) is 30.3 Å². The van der Waals surface area contributed by atoms with Crippen molar-refractivity contribution in [1.29, 1.82) is 0 Å². The summed E-state index contributed by atoms with van der Waals surface area (Å²) in [6.07, 6.45) is 0. The lowest BCUT2D eigenvalue weighted by molar-refractivity contribution is -0.148. The Bertz CT molecular complexity index is 310. The monoisotopic (exact) mass is 214 g/mol. The standard InChI is InChI=1S/C9H11O4P/c1-9(12,8(10)11)14-13-7-5-3-2-4-6-7/h2-6,12,14H,1H3,(H,10,11). The van der Waals surface area contributed by atoms with Crippen molar-refractivity contribution in [3.05, 3.63) is 30.3 Å². The van der Waals surface area contributed by atoms with Gasteiger partial charge in [0.2, 0.25) is 5.34 Å². The minimum absolute atomic E-state index is 0.527. The zero-order chi connectivity index (χ0) is 10.6. The maximum atomic E-state index is 10.5. The quantitative estimate of drug-likeness (QED) is 0.744. The zero-order valence-electron chi connectivity index (χ0n) is 7.60. The average Bonchev–Trinajstić information content (AvgIpc) is 2.16. The van der Waals surface area contributed by atoms with Crippen LogP contribution in [-0.2, 0) is 4.79 Å². The van der Waals surface area contributed by atoms with Gasteiger partial charge in [-0.3, -0.25) is 0 Å². The Labute approximate surface area is 83.4 Å². The Kier molecular flexibility index (Phi) is 3.44. The summed E-state index contributed by atoms with van der Waals surface area (Å²) < 4.78 is 5.13. The summed E-state index contributed by atoms with van der Waals surface area (Å²) in [5.41, 5.74) is 0. The van der Waals surface area contributed by atoms with Crippen molar-refractivity contribution in [3.63, 3.8) is 0 Å². The molecule has 1 rings (SSSR count). The highest BCUT2D eigenvalue weighted by atomic mass is 31.1. The van der Waals surface area contributed by atoms with E-state index >= 15 is 0 Å². The van der Waals surface area contributed by atoms with Gasteiger partial charge in [0.25, 0.3) is 0 Å². The second kappa shape index (κ2) is 4.40. The number of rotatable bonds is 4. The van der Waals surface area contributed by atoms with Crippen molar-refractivity contribution >= 4 is 14.8 Å².